The molecule has 2 N–H and O–H groups in total. The second-order valence-corrected chi connectivity index (χ2v) is 4.81. The largest absolute Gasteiger partial charge is 0.416 e. The second-order valence-electron chi connectivity index (χ2n) is 4.81. The average molecular weight is 340 g/mol. The molecule has 2 rings (SSSR count). The molecular formula is C16H12F4N2O2. The first-order valence-electron chi connectivity index (χ1n) is 6.76. The van der Waals surface area contributed by atoms with Crippen LogP contribution in [0, 0.1) is 5.82 Å². The predicted octanol–water partition coefficient (Wildman–Crippen LogP) is 3.21. The topological polar surface area (TPSA) is 58.2 Å². The van der Waals surface area contributed by atoms with Crippen LogP contribution >= 0.6 is 0 Å². The van der Waals surface area contributed by atoms with E-state index in [1.807, 2.05) is 0 Å². The number of alkyl halides is 3. The van der Waals surface area contributed by atoms with Crippen LogP contribution in [0.5, 0.6) is 0 Å². The Kier molecular flexibility index (Phi) is 5.18. The van der Waals surface area contributed by atoms with Crippen LogP contribution in [0.3, 0.4) is 0 Å². The molecule has 0 bridgehead atoms. The van der Waals surface area contributed by atoms with Crippen LogP contribution in [-0.2, 0) is 11.0 Å². The lowest BCUT2D eigenvalue weighted by atomic mass is 10.1. The van der Waals surface area contributed by atoms with Gasteiger partial charge in [0.05, 0.1) is 12.1 Å². The van der Waals surface area contributed by atoms with Gasteiger partial charge in [-0.3, -0.25) is 9.59 Å². The van der Waals surface area contributed by atoms with E-state index in [2.05, 4.69) is 10.6 Å². The number of amides is 2. The van der Waals surface area contributed by atoms with Gasteiger partial charge in [-0.05, 0) is 48.5 Å². The predicted molar refractivity (Wildman–Crippen MR) is 78.8 cm³/mol. The molecule has 0 saturated heterocycles. The van der Waals surface area contributed by atoms with E-state index in [1.165, 1.54) is 12.1 Å². The van der Waals surface area contributed by atoms with Crippen LogP contribution in [0.2, 0.25) is 0 Å². The number of carbonyl (C=O) groups excluding carboxylic acids is 2. The molecule has 24 heavy (non-hydrogen) atoms. The first-order valence-corrected chi connectivity index (χ1v) is 6.76. The molecule has 0 aliphatic heterocycles. The molecule has 0 aliphatic rings. The summed E-state index contributed by atoms with van der Waals surface area (Å²) in [6.07, 6.45) is -4.48. The van der Waals surface area contributed by atoms with Crippen molar-refractivity contribution in [3.63, 3.8) is 0 Å². The highest BCUT2D eigenvalue weighted by Gasteiger charge is 2.30. The quantitative estimate of drug-likeness (QED) is 0.840. The first kappa shape index (κ1) is 17.5. The Bertz CT molecular complexity index is 725. The first-order chi connectivity index (χ1) is 11.3. The zero-order valence-electron chi connectivity index (χ0n) is 12.2. The summed E-state index contributed by atoms with van der Waals surface area (Å²) >= 11 is 0. The summed E-state index contributed by atoms with van der Waals surface area (Å²) in [6, 6.07) is 8.65. The number of carbonyl (C=O) groups is 2. The summed E-state index contributed by atoms with van der Waals surface area (Å²) in [7, 11) is 0. The van der Waals surface area contributed by atoms with Gasteiger partial charge < -0.3 is 10.6 Å². The van der Waals surface area contributed by atoms with Gasteiger partial charge in [-0.1, -0.05) is 0 Å². The van der Waals surface area contributed by atoms with Gasteiger partial charge in [0, 0.05) is 11.3 Å². The highest BCUT2D eigenvalue weighted by molar-refractivity contribution is 5.99. The lowest BCUT2D eigenvalue weighted by molar-refractivity contribution is -0.137. The number of hydrogen-bond donors (Lipinski definition) is 2. The Morgan fingerprint density at radius 3 is 2.04 bits per heavy atom. The van der Waals surface area contributed by atoms with Crippen molar-refractivity contribution >= 4 is 17.5 Å². The van der Waals surface area contributed by atoms with E-state index in [4.69, 9.17) is 0 Å². The Morgan fingerprint density at radius 1 is 0.917 bits per heavy atom. The lowest BCUT2D eigenvalue weighted by Crippen LogP contribution is -2.32. The molecule has 2 aromatic rings. The SMILES string of the molecule is O=C(CNC(=O)c1ccc(C(F)(F)F)cc1)Nc1ccc(F)cc1. The normalized spacial score (nSPS) is 11.0. The van der Waals surface area contributed by atoms with E-state index >= 15 is 0 Å². The number of rotatable bonds is 4. The van der Waals surface area contributed by atoms with E-state index in [1.54, 1.807) is 0 Å². The van der Waals surface area contributed by atoms with Crippen molar-refractivity contribution in [1.29, 1.82) is 0 Å². The van der Waals surface area contributed by atoms with Gasteiger partial charge in [0.2, 0.25) is 5.91 Å². The van der Waals surface area contributed by atoms with Crippen molar-refractivity contribution in [2.45, 2.75) is 6.18 Å². The van der Waals surface area contributed by atoms with Crippen LogP contribution < -0.4 is 10.6 Å². The van der Waals surface area contributed by atoms with E-state index in [0.717, 1.165) is 36.4 Å². The maximum Gasteiger partial charge on any atom is 0.416 e. The molecule has 0 atom stereocenters. The third-order valence-corrected chi connectivity index (χ3v) is 3.01. The van der Waals surface area contributed by atoms with Crippen molar-refractivity contribution in [2.24, 2.45) is 0 Å². The molecule has 4 nitrogen and oxygen atoms in total. The highest BCUT2D eigenvalue weighted by Crippen LogP contribution is 2.29. The van der Waals surface area contributed by atoms with Gasteiger partial charge in [-0.25, -0.2) is 4.39 Å². The van der Waals surface area contributed by atoms with Crippen LogP contribution in [0.4, 0.5) is 23.2 Å². The van der Waals surface area contributed by atoms with Gasteiger partial charge in [0.25, 0.3) is 5.91 Å². The molecule has 0 fully saturated rings. The van der Waals surface area contributed by atoms with Crippen molar-refractivity contribution < 1.29 is 27.2 Å². The smallest absolute Gasteiger partial charge is 0.343 e. The third kappa shape index (κ3) is 4.80. The fraction of sp³-hybridized carbons (Fsp3) is 0.125. The maximum atomic E-state index is 12.7. The number of hydrogen-bond acceptors (Lipinski definition) is 2. The molecule has 0 aliphatic carbocycles. The van der Waals surface area contributed by atoms with Crippen LogP contribution in [0.1, 0.15) is 15.9 Å². The van der Waals surface area contributed by atoms with Crippen molar-refractivity contribution in [3.8, 4) is 0 Å². The minimum atomic E-state index is -4.48. The molecule has 2 aromatic carbocycles. The molecule has 2 amide bonds. The van der Waals surface area contributed by atoms with Crippen molar-refractivity contribution in [3.05, 3.63) is 65.5 Å². The highest BCUT2D eigenvalue weighted by atomic mass is 19.4. The molecule has 0 unspecified atom stereocenters. The number of halogens is 4. The summed E-state index contributed by atoms with van der Waals surface area (Å²) in [4.78, 5) is 23.4. The van der Waals surface area contributed by atoms with Crippen LogP contribution in [0.25, 0.3) is 0 Å². The number of nitrogens with one attached hydrogen (secondary N) is 2. The summed E-state index contributed by atoms with van der Waals surface area (Å²) in [6.45, 7) is -0.378. The van der Waals surface area contributed by atoms with Crippen molar-refractivity contribution in [1.82, 2.24) is 5.32 Å². The molecule has 0 spiro atoms. The third-order valence-electron chi connectivity index (χ3n) is 3.01. The molecule has 0 aromatic heterocycles. The molecule has 0 saturated carbocycles. The molecular weight excluding hydrogens is 328 g/mol. The molecule has 8 heteroatoms. The Hall–Kier alpha value is -2.90. The van der Waals surface area contributed by atoms with Gasteiger partial charge in [-0.15, -0.1) is 0 Å². The molecule has 0 radical (unpaired) electrons. The zero-order chi connectivity index (χ0) is 17.7. The number of benzene rings is 2. The summed E-state index contributed by atoms with van der Waals surface area (Å²) in [5, 5.41) is 4.72. The standard InChI is InChI=1S/C16H12F4N2O2/c17-12-5-7-13(8-6-12)22-14(23)9-21-15(24)10-1-3-11(4-2-10)16(18,19)20/h1-8H,9H2,(H,21,24)(H,22,23). The summed E-state index contributed by atoms with van der Waals surface area (Å²) < 4.78 is 50.0. The minimum Gasteiger partial charge on any atom is -0.343 e. The van der Waals surface area contributed by atoms with Gasteiger partial charge >= 0.3 is 6.18 Å². The summed E-state index contributed by atoms with van der Waals surface area (Å²) in [5.41, 5.74) is -0.518. The summed E-state index contributed by atoms with van der Waals surface area (Å²) in [5.74, 6) is -1.69. The van der Waals surface area contributed by atoms with E-state index < -0.39 is 29.4 Å². The van der Waals surface area contributed by atoms with Gasteiger partial charge in [0.15, 0.2) is 0 Å². The van der Waals surface area contributed by atoms with E-state index in [-0.39, 0.29) is 12.1 Å². The molecule has 126 valence electrons. The zero-order valence-corrected chi connectivity index (χ0v) is 12.2. The van der Waals surface area contributed by atoms with Crippen LogP contribution in [0.15, 0.2) is 48.5 Å². The minimum absolute atomic E-state index is 0.00224. The fourth-order valence-corrected chi connectivity index (χ4v) is 1.81. The van der Waals surface area contributed by atoms with Gasteiger partial charge in [0.1, 0.15) is 5.82 Å². The van der Waals surface area contributed by atoms with Gasteiger partial charge in [-0.2, -0.15) is 13.2 Å². The molecule has 0 heterocycles. The Balaban J connectivity index is 1.88. The fourth-order valence-electron chi connectivity index (χ4n) is 1.81. The van der Waals surface area contributed by atoms with Crippen molar-refractivity contribution in [2.75, 3.05) is 11.9 Å². The van der Waals surface area contributed by atoms with E-state index in [9.17, 15) is 27.2 Å². The second kappa shape index (κ2) is 7.12. The Morgan fingerprint density at radius 2 is 1.50 bits per heavy atom. The maximum absolute atomic E-state index is 12.7. The van der Waals surface area contributed by atoms with Crippen LogP contribution in [-0.4, -0.2) is 18.4 Å². The average Bonchev–Trinajstić information content (AvgIpc) is 2.54. The van der Waals surface area contributed by atoms with E-state index in [0.29, 0.717) is 5.69 Å². The lowest BCUT2D eigenvalue weighted by Gasteiger charge is -2.09. The number of anilines is 1. The Labute approximate surface area is 134 Å². The monoisotopic (exact) mass is 340 g/mol.